The fourth-order valence-corrected chi connectivity index (χ4v) is 2.91. The van der Waals surface area contributed by atoms with E-state index < -0.39 is 0 Å². The summed E-state index contributed by atoms with van der Waals surface area (Å²) in [6.45, 7) is 2.19. The van der Waals surface area contributed by atoms with Crippen molar-refractivity contribution in [1.82, 2.24) is 0 Å². The van der Waals surface area contributed by atoms with Gasteiger partial charge in [0.05, 0.1) is 4.83 Å². The highest BCUT2D eigenvalue weighted by Crippen LogP contribution is 2.33. The first kappa shape index (κ1) is 12.8. The Hall–Kier alpha value is -0.630. The van der Waals surface area contributed by atoms with Gasteiger partial charge in [-0.05, 0) is 36.8 Å². The van der Waals surface area contributed by atoms with E-state index in [9.17, 15) is 4.79 Å². The maximum absolute atomic E-state index is 11.9. The number of ketones is 1. The van der Waals surface area contributed by atoms with Gasteiger partial charge in [0.15, 0.2) is 0 Å². The minimum atomic E-state index is 0.00741. The Morgan fingerprint density at radius 1 is 1.35 bits per heavy atom. The van der Waals surface area contributed by atoms with Gasteiger partial charge in [0.25, 0.3) is 0 Å². The zero-order valence-electron chi connectivity index (χ0n) is 10.3. The molecule has 1 saturated carbocycles. The van der Waals surface area contributed by atoms with E-state index in [4.69, 9.17) is 0 Å². The summed E-state index contributed by atoms with van der Waals surface area (Å²) in [7, 11) is 0. The predicted octanol–water partition coefficient (Wildman–Crippen LogP) is 3.92. The van der Waals surface area contributed by atoms with Crippen LogP contribution >= 0.6 is 15.9 Å². The summed E-state index contributed by atoms with van der Waals surface area (Å²) in [6.07, 6.45) is 5.29. The number of hydrogen-bond donors (Lipinski definition) is 0. The second-order valence-electron chi connectivity index (χ2n) is 4.87. The van der Waals surface area contributed by atoms with E-state index in [0.29, 0.717) is 11.7 Å². The predicted molar refractivity (Wildman–Crippen MR) is 74.6 cm³/mol. The molecule has 2 heteroatoms. The lowest BCUT2D eigenvalue weighted by Gasteiger charge is -2.12. The number of halogens is 1. The summed E-state index contributed by atoms with van der Waals surface area (Å²) in [5.41, 5.74) is 2.72. The van der Waals surface area contributed by atoms with E-state index in [1.165, 1.54) is 11.1 Å². The first-order chi connectivity index (χ1) is 8.22. The van der Waals surface area contributed by atoms with Crippen molar-refractivity contribution >= 4 is 21.7 Å². The Morgan fingerprint density at radius 2 is 2.00 bits per heavy atom. The number of benzene rings is 1. The molecule has 0 radical (unpaired) electrons. The number of hydrogen-bond acceptors (Lipinski definition) is 1. The molecule has 0 saturated heterocycles. The average molecular weight is 295 g/mol. The highest BCUT2D eigenvalue weighted by Gasteiger charge is 2.33. The molecule has 1 atom stereocenters. The zero-order chi connectivity index (χ0) is 12.3. The van der Waals surface area contributed by atoms with Crippen LogP contribution in [0.1, 0.15) is 37.3 Å². The second kappa shape index (κ2) is 5.81. The van der Waals surface area contributed by atoms with Gasteiger partial charge in [0.2, 0.25) is 0 Å². The molecule has 0 N–H and O–H groups in total. The number of carbonyl (C=O) groups is 1. The van der Waals surface area contributed by atoms with Crippen LogP contribution < -0.4 is 0 Å². The molecule has 0 aromatic heterocycles. The molecule has 1 aliphatic carbocycles. The molecule has 0 amide bonds. The zero-order valence-corrected chi connectivity index (χ0v) is 11.9. The van der Waals surface area contributed by atoms with Gasteiger partial charge < -0.3 is 0 Å². The lowest BCUT2D eigenvalue weighted by molar-refractivity contribution is -0.119. The van der Waals surface area contributed by atoms with Gasteiger partial charge in [-0.1, -0.05) is 53.5 Å². The third-order valence-corrected chi connectivity index (χ3v) is 4.10. The van der Waals surface area contributed by atoms with E-state index in [0.717, 1.165) is 32.1 Å². The van der Waals surface area contributed by atoms with Gasteiger partial charge in [0, 0.05) is 5.92 Å². The van der Waals surface area contributed by atoms with Gasteiger partial charge in [-0.3, -0.25) is 4.79 Å². The maximum Gasteiger partial charge on any atom is 0.149 e. The fraction of sp³-hybridized carbons (Fsp3) is 0.533. The van der Waals surface area contributed by atoms with Gasteiger partial charge in [-0.15, -0.1) is 0 Å². The summed E-state index contributed by atoms with van der Waals surface area (Å²) in [4.78, 5) is 11.9. The summed E-state index contributed by atoms with van der Waals surface area (Å²) in [5.74, 6) is 0.744. The summed E-state index contributed by atoms with van der Waals surface area (Å²) < 4.78 is 0. The van der Waals surface area contributed by atoms with Crippen molar-refractivity contribution < 1.29 is 4.79 Å². The summed E-state index contributed by atoms with van der Waals surface area (Å²) in [5, 5.41) is 0. The molecule has 0 aliphatic heterocycles. The van der Waals surface area contributed by atoms with Crippen LogP contribution in [0.4, 0.5) is 0 Å². The van der Waals surface area contributed by atoms with Crippen molar-refractivity contribution in [2.45, 2.75) is 43.9 Å². The van der Waals surface area contributed by atoms with Crippen molar-refractivity contribution in [3.63, 3.8) is 0 Å². The Morgan fingerprint density at radius 3 is 2.59 bits per heavy atom. The molecule has 0 heterocycles. The lowest BCUT2D eigenvalue weighted by atomic mass is 9.97. The molecule has 1 aromatic rings. The average Bonchev–Trinajstić information content (AvgIpc) is 3.15. The van der Waals surface area contributed by atoms with Crippen LogP contribution in [0.5, 0.6) is 0 Å². The first-order valence-electron chi connectivity index (χ1n) is 6.47. The lowest BCUT2D eigenvalue weighted by Crippen LogP contribution is -2.19. The second-order valence-corrected chi connectivity index (χ2v) is 5.97. The maximum atomic E-state index is 11.9. The SMILES string of the molecule is CCCc1ccccc1CC(Br)C(=O)C1CC1. The molecular formula is C15H19BrO. The van der Waals surface area contributed by atoms with Crippen LogP contribution in [-0.4, -0.2) is 10.6 Å². The van der Waals surface area contributed by atoms with Crippen molar-refractivity contribution in [3.8, 4) is 0 Å². The molecule has 92 valence electrons. The molecule has 17 heavy (non-hydrogen) atoms. The van der Waals surface area contributed by atoms with Crippen LogP contribution in [0.2, 0.25) is 0 Å². The highest BCUT2D eigenvalue weighted by atomic mass is 79.9. The Kier molecular flexibility index (Phi) is 4.38. The molecule has 2 rings (SSSR count). The van der Waals surface area contributed by atoms with Crippen LogP contribution in [0, 0.1) is 5.92 Å². The number of Topliss-reactive ketones (excluding diaryl/α,β-unsaturated/α-hetero) is 1. The molecule has 1 unspecified atom stereocenters. The van der Waals surface area contributed by atoms with Crippen molar-refractivity contribution in [2.75, 3.05) is 0 Å². The van der Waals surface area contributed by atoms with E-state index in [1.54, 1.807) is 0 Å². The van der Waals surface area contributed by atoms with E-state index in [-0.39, 0.29) is 4.83 Å². The number of alkyl halides is 1. The third kappa shape index (κ3) is 3.41. The molecule has 1 nitrogen and oxygen atoms in total. The number of rotatable bonds is 6. The van der Waals surface area contributed by atoms with Crippen LogP contribution in [0.3, 0.4) is 0 Å². The third-order valence-electron chi connectivity index (χ3n) is 3.33. The monoisotopic (exact) mass is 294 g/mol. The van der Waals surface area contributed by atoms with Crippen LogP contribution in [0.15, 0.2) is 24.3 Å². The van der Waals surface area contributed by atoms with Gasteiger partial charge in [0.1, 0.15) is 5.78 Å². The summed E-state index contributed by atoms with van der Waals surface area (Å²) in [6, 6.07) is 8.48. The molecule has 0 bridgehead atoms. The van der Waals surface area contributed by atoms with Crippen molar-refractivity contribution in [3.05, 3.63) is 35.4 Å². The molecule has 1 aliphatic rings. The Labute approximate surface area is 112 Å². The van der Waals surface area contributed by atoms with Gasteiger partial charge in [-0.2, -0.15) is 0 Å². The quantitative estimate of drug-likeness (QED) is 0.727. The molecule has 0 spiro atoms. The first-order valence-corrected chi connectivity index (χ1v) is 7.38. The largest absolute Gasteiger partial charge is 0.298 e. The molecule has 1 aromatic carbocycles. The number of carbonyl (C=O) groups excluding carboxylic acids is 1. The Bertz CT molecular complexity index is 396. The minimum absolute atomic E-state index is 0.00741. The topological polar surface area (TPSA) is 17.1 Å². The van der Waals surface area contributed by atoms with Crippen LogP contribution in [0.25, 0.3) is 0 Å². The minimum Gasteiger partial charge on any atom is -0.298 e. The smallest absolute Gasteiger partial charge is 0.149 e. The van der Waals surface area contributed by atoms with Gasteiger partial charge >= 0.3 is 0 Å². The number of aryl methyl sites for hydroxylation is 1. The van der Waals surface area contributed by atoms with Crippen molar-refractivity contribution in [2.24, 2.45) is 5.92 Å². The van der Waals surface area contributed by atoms with Gasteiger partial charge in [-0.25, -0.2) is 0 Å². The van der Waals surface area contributed by atoms with Crippen molar-refractivity contribution in [1.29, 1.82) is 0 Å². The normalized spacial score (nSPS) is 16.8. The van der Waals surface area contributed by atoms with E-state index in [1.807, 2.05) is 0 Å². The molecular weight excluding hydrogens is 276 g/mol. The highest BCUT2D eigenvalue weighted by molar-refractivity contribution is 9.10. The summed E-state index contributed by atoms with van der Waals surface area (Å²) >= 11 is 3.56. The molecule has 1 fully saturated rings. The fourth-order valence-electron chi connectivity index (χ4n) is 2.19. The Balaban J connectivity index is 2.03. The van der Waals surface area contributed by atoms with E-state index in [2.05, 4.69) is 47.1 Å². The van der Waals surface area contributed by atoms with Crippen LogP contribution in [-0.2, 0) is 17.6 Å². The van der Waals surface area contributed by atoms with E-state index >= 15 is 0 Å². The standard InChI is InChI=1S/C15H19BrO/c1-2-5-11-6-3-4-7-13(11)10-14(16)15(17)12-8-9-12/h3-4,6-7,12,14H,2,5,8-10H2,1H3.